The third kappa shape index (κ3) is 5.61. The van der Waals surface area contributed by atoms with Crippen molar-refractivity contribution in [1.29, 1.82) is 0 Å². The lowest BCUT2D eigenvalue weighted by atomic mass is 10.2. The number of amides is 4. The highest BCUT2D eigenvalue weighted by atomic mass is 35.5. The maximum Gasteiger partial charge on any atom is 0.317 e. The Morgan fingerprint density at radius 2 is 2.00 bits per heavy atom. The van der Waals surface area contributed by atoms with Crippen molar-refractivity contribution in [3.8, 4) is 5.75 Å². The van der Waals surface area contributed by atoms with Crippen molar-refractivity contribution in [1.82, 2.24) is 10.2 Å². The summed E-state index contributed by atoms with van der Waals surface area (Å²) in [5, 5.41) is 8.31. The highest BCUT2D eigenvalue weighted by Crippen LogP contribution is 2.36. The summed E-state index contributed by atoms with van der Waals surface area (Å²) < 4.78 is 5.32. The molecular formula is C20H21ClN4O4. The number of carbonyl (C=O) groups is 3. The van der Waals surface area contributed by atoms with Crippen molar-refractivity contribution >= 4 is 40.8 Å². The number of halogens is 1. The number of carbonyl (C=O) groups excluding carboxylic acids is 3. The lowest BCUT2D eigenvalue weighted by Gasteiger charge is -2.20. The fraction of sp³-hybridized carbons (Fsp3) is 0.250. The molecule has 3 rings (SSSR count). The Labute approximate surface area is 173 Å². The van der Waals surface area contributed by atoms with E-state index >= 15 is 0 Å². The number of nitrogens with zero attached hydrogens (tertiary/aromatic N) is 1. The van der Waals surface area contributed by atoms with E-state index in [0.29, 0.717) is 23.7 Å². The zero-order valence-corrected chi connectivity index (χ0v) is 16.6. The van der Waals surface area contributed by atoms with Crippen LogP contribution in [0.15, 0.2) is 42.5 Å². The number of hydrogen-bond acceptors (Lipinski definition) is 4. The average Bonchev–Trinajstić information content (AvgIpc) is 2.69. The number of nitrogens with one attached hydrogen (secondary N) is 3. The molecule has 0 saturated heterocycles. The molecule has 152 valence electrons. The fourth-order valence-corrected chi connectivity index (χ4v) is 2.97. The molecule has 9 heteroatoms. The van der Waals surface area contributed by atoms with E-state index in [-0.39, 0.29) is 42.4 Å². The standard InChI is InChI=1S/C20H21ClN4O4/c1-25(11-13-5-3-2-4-6-13)20(28)22-8-7-18(26)23-15-10-17-16(9-14(15)21)24-19(27)12-29-17/h2-6,9-10H,7-8,11-12H2,1H3,(H,22,28)(H,23,26)(H,24,27). The Hall–Kier alpha value is -3.26. The van der Waals surface area contributed by atoms with Gasteiger partial charge in [0.1, 0.15) is 5.75 Å². The molecule has 0 spiro atoms. The topological polar surface area (TPSA) is 99.8 Å². The second-order valence-electron chi connectivity index (χ2n) is 6.54. The summed E-state index contributed by atoms with van der Waals surface area (Å²) in [5.74, 6) is -0.142. The molecule has 0 radical (unpaired) electrons. The van der Waals surface area contributed by atoms with Crippen molar-refractivity contribution < 1.29 is 19.1 Å². The first kappa shape index (κ1) is 20.5. The number of benzene rings is 2. The minimum absolute atomic E-state index is 0.0793. The van der Waals surface area contributed by atoms with Gasteiger partial charge < -0.3 is 25.6 Å². The Bertz CT molecular complexity index is 920. The van der Waals surface area contributed by atoms with E-state index in [1.54, 1.807) is 18.0 Å². The molecule has 0 fully saturated rings. The summed E-state index contributed by atoms with van der Waals surface area (Å²) in [7, 11) is 1.69. The molecule has 2 aromatic carbocycles. The van der Waals surface area contributed by atoms with Gasteiger partial charge in [-0.3, -0.25) is 9.59 Å². The molecule has 0 saturated carbocycles. The zero-order chi connectivity index (χ0) is 20.8. The number of fused-ring (bicyclic) bond motifs is 1. The third-order valence-corrected chi connectivity index (χ3v) is 4.53. The van der Waals surface area contributed by atoms with E-state index in [4.69, 9.17) is 16.3 Å². The van der Waals surface area contributed by atoms with E-state index in [1.807, 2.05) is 30.3 Å². The van der Waals surface area contributed by atoms with E-state index in [9.17, 15) is 14.4 Å². The lowest BCUT2D eigenvalue weighted by molar-refractivity contribution is -0.118. The molecule has 0 aromatic heterocycles. The molecular weight excluding hydrogens is 396 g/mol. The summed E-state index contributed by atoms with van der Waals surface area (Å²) in [6, 6.07) is 12.4. The Morgan fingerprint density at radius 1 is 1.24 bits per heavy atom. The van der Waals surface area contributed by atoms with Crippen molar-refractivity contribution in [2.75, 3.05) is 30.8 Å². The number of hydrogen-bond donors (Lipinski definition) is 3. The van der Waals surface area contributed by atoms with Crippen LogP contribution in [0.1, 0.15) is 12.0 Å². The van der Waals surface area contributed by atoms with Crippen LogP contribution in [0.5, 0.6) is 5.75 Å². The lowest BCUT2D eigenvalue weighted by Crippen LogP contribution is -2.38. The number of anilines is 2. The van der Waals surface area contributed by atoms with Gasteiger partial charge in [0.25, 0.3) is 5.91 Å². The van der Waals surface area contributed by atoms with Crippen LogP contribution in [-0.2, 0) is 16.1 Å². The summed E-state index contributed by atoms with van der Waals surface area (Å²) in [4.78, 5) is 37.2. The van der Waals surface area contributed by atoms with Crippen LogP contribution < -0.4 is 20.7 Å². The van der Waals surface area contributed by atoms with E-state index in [1.165, 1.54) is 6.07 Å². The van der Waals surface area contributed by atoms with Crippen LogP contribution >= 0.6 is 11.6 Å². The molecule has 0 aliphatic carbocycles. The molecule has 1 aliphatic heterocycles. The van der Waals surface area contributed by atoms with Gasteiger partial charge in [-0.05, 0) is 11.6 Å². The summed E-state index contributed by atoms with van der Waals surface area (Å²) in [6.07, 6.45) is 0.0793. The fourth-order valence-electron chi connectivity index (χ4n) is 2.76. The first-order valence-corrected chi connectivity index (χ1v) is 9.39. The Morgan fingerprint density at radius 3 is 2.76 bits per heavy atom. The number of urea groups is 1. The van der Waals surface area contributed by atoms with Gasteiger partial charge in [0, 0.05) is 32.6 Å². The molecule has 29 heavy (non-hydrogen) atoms. The van der Waals surface area contributed by atoms with Gasteiger partial charge in [-0.1, -0.05) is 41.9 Å². The van der Waals surface area contributed by atoms with Gasteiger partial charge in [0.15, 0.2) is 6.61 Å². The highest BCUT2D eigenvalue weighted by Gasteiger charge is 2.19. The van der Waals surface area contributed by atoms with Crippen molar-refractivity contribution in [2.45, 2.75) is 13.0 Å². The Balaban J connectivity index is 1.46. The largest absolute Gasteiger partial charge is 0.482 e. The minimum Gasteiger partial charge on any atom is -0.482 e. The molecule has 4 amide bonds. The quantitative estimate of drug-likeness (QED) is 0.674. The number of rotatable bonds is 6. The average molecular weight is 417 g/mol. The molecule has 1 aliphatic rings. The van der Waals surface area contributed by atoms with Crippen LogP contribution in [0.25, 0.3) is 0 Å². The van der Waals surface area contributed by atoms with Gasteiger partial charge >= 0.3 is 6.03 Å². The van der Waals surface area contributed by atoms with Gasteiger partial charge in [-0.2, -0.15) is 0 Å². The smallest absolute Gasteiger partial charge is 0.317 e. The SMILES string of the molecule is CN(Cc1ccccc1)C(=O)NCCC(=O)Nc1cc2c(cc1Cl)NC(=O)CO2. The minimum atomic E-state index is -0.308. The van der Waals surface area contributed by atoms with Gasteiger partial charge in [0.05, 0.1) is 16.4 Å². The molecule has 2 aromatic rings. The molecule has 0 bridgehead atoms. The van der Waals surface area contributed by atoms with Crippen LogP contribution in [0.3, 0.4) is 0 Å². The second kappa shape index (κ2) is 9.29. The second-order valence-corrected chi connectivity index (χ2v) is 6.94. The van der Waals surface area contributed by atoms with Gasteiger partial charge in [0.2, 0.25) is 5.91 Å². The zero-order valence-electron chi connectivity index (χ0n) is 15.8. The van der Waals surface area contributed by atoms with Crippen LogP contribution in [-0.4, -0.2) is 42.9 Å². The van der Waals surface area contributed by atoms with Crippen LogP contribution in [0.2, 0.25) is 5.02 Å². The summed E-state index contributed by atoms with van der Waals surface area (Å²) in [5.41, 5.74) is 1.85. The van der Waals surface area contributed by atoms with E-state index < -0.39 is 0 Å². The Kier molecular flexibility index (Phi) is 6.56. The first-order valence-electron chi connectivity index (χ1n) is 9.01. The predicted molar refractivity (Wildman–Crippen MR) is 110 cm³/mol. The monoisotopic (exact) mass is 416 g/mol. The van der Waals surface area contributed by atoms with Crippen LogP contribution in [0.4, 0.5) is 16.2 Å². The van der Waals surface area contributed by atoms with Crippen molar-refractivity contribution in [2.24, 2.45) is 0 Å². The highest BCUT2D eigenvalue weighted by molar-refractivity contribution is 6.34. The molecule has 1 heterocycles. The summed E-state index contributed by atoms with van der Waals surface area (Å²) in [6.45, 7) is 0.559. The first-order chi connectivity index (χ1) is 13.9. The predicted octanol–water partition coefficient (Wildman–Crippen LogP) is 2.84. The molecule has 0 atom stereocenters. The normalized spacial score (nSPS) is 12.3. The van der Waals surface area contributed by atoms with Gasteiger partial charge in [-0.25, -0.2) is 4.79 Å². The van der Waals surface area contributed by atoms with E-state index in [2.05, 4.69) is 16.0 Å². The summed E-state index contributed by atoms with van der Waals surface area (Å²) >= 11 is 6.16. The van der Waals surface area contributed by atoms with Crippen LogP contribution in [0, 0.1) is 0 Å². The van der Waals surface area contributed by atoms with Crippen molar-refractivity contribution in [3.05, 3.63) is 53.1 Å². The number of ether oxygens (including phenoxy) is 1. The van der Waals surface area contributed by atoms with Gasteiger partial charge in [-0.15, -0.1) is 0 Å². The molecule has 3 N–H and O–H groups in total. The third-order valence-electron chi connectivity index (χ3n) is 4.21. The molecule has 8 nitrogen and oxygen atoms in total. The maximum absolute atomic E-state index is 12.2. The van der Waals surface area contributed by atoms with E-state index in [0.717, 1.165) is 5.56 Å². The van der Waals surface area contributed by atoms with Crippen molar-refractivity contribution in [3.63, 3.8) is 0 Å². The molecule has 0 unspecified atom stereocenters. The maximum atomic E-state index is 12.2.